The van der Waals surface area contributed by atoms with Gasteiger partial charge in [-0.3, -0.25) is 9.97 Å². The summed E-state index contributed by atoms with van der Waals surface area (Å²) >= 11 is 0. The minimum Gasteiger partial charge on any atom is -0.265 e. The Kier molecular flexibility index (Phi) is 7.07. The van der Waals surface area contributed by atoms with E-state index in [9.17, 15) is 0 Å². The van der Waals surface area contributed by atoms with E-state index in [4.69, 9.17) is 0 Å². The lowest BCUT2D eigenvalue weighted by Gasteiger charge is -2.23. The Hall–Kier alpha value is -6.12. The van der Waals surface area contributed by atoms with Crippen molar-refractivity contribution in [2.75, 3.05) is 0 Å². The van der Waals surface area contributed by atoms with Crippen molar-refractivity contribution in [1.82, 2.24) is 9.97 Å². The first-order valence-corrected chi connectivity index (χ1v) is 17.3. The molecule has 9 rings (SSSR count). The van der Waals surface area contributed by atoms with Crippen LogP contribution in [0.3, 0.4) is 0 Å². The number of hydrogen-bond acceptors (Lipinski definition) is 2. The van der Waals surface area contributed by atoms with Gasteiger partial charge in [-0.05, 0) is 118 Å². The molecule has 238 valence electrons. The molecule has 0 fully saturated rings. The highest BCUT2D eigenvalue weighted by Gasteiger charge is 2.20. The Morgan fingerprint density at radius 1 is 0.400 bits per heavy atom. The van der Waals surface area contributed by atoms with E-state index in [1.807, 2.05) is 42.9 Å². The Balaban J connectivity index is 1.20. The van der Waals surface area contributed by atoms with Crippen LogP contribution in [0.4, 0.5) is 0 Å². The summed E-state index contributed by atoms with van der Waals surface area (Å²) in [6, 6.07) is 53.4. The maximum Gasteiger partial charge on any atom is 0.0701 e. The first kappa shape index (κ1) is 30.0. The largest absolute Gasteiger partial charge is 0.265 e. The molecule has 7 aromatic carbocycles. The minimum atomic E-state index is 0.0667. The van der Waals surface area contributed by atoms with Gasteiger partial charge in [0.25, 0.3) is 0 Å². The van der Waals surface area contributed by atoms with Crippen LogP contribution in [0.2, 0.25) is 0 Å². The highest BCUT2D eigenvalue weighted by atomic mass is 14.7. The van der Waals surface area contributed by atoms with E-state index in [2.05, 4.69) is 152 Å². The van der Waals surface area contributed by atoms with Gasteiger partial charge in [0.2, 0.25) is 0 Å². The van der Waals surface area contributed by atoms with Crippen molar-refractivity contribution in [3.63, 3.8) is 0 Å². The first-order chi connectivity index (χ1) is 24.4. The van der Waals surface area contributed by atoms with Crippen LogP contribution < -0.4 is 0 Å². The monoisotopic (exact) mass is 640 g/mol. The Labute approximate surface area is 293 Å². The van der Waals surface area contributed by atoms with E-state index < -0.39 is 0 Å². The molecule has 0 bridgehead atoms. The summed E-state index contributed by atoms with van der Waals surface area (Å²) in [4.78, 5) is 8.74. The van der Waals surface area contributed by atoms with Gasteiger partial charge in [0, 0.05) is 24.2 Å². The molecule has 2 aromatic heterocycles. The van der Waals surface area contributed by atoms with Gasteiger partial charge in [0.15, 0.2) is 0 Å². The third-order valence-corrected chi connectivity index (χ3v) is 10.2. The van der Waals surface area contributed by atoms with Crippen LogP contribution in [0.5, 0.6) is 0 Å². The van der Waals surface area contributed by atoms with Gasteiger partial charge in [-0.25, -0.2) is 0 Å². The van der Waals surface area contributed by atoms with Crippen molar-refractivity contribution in [1.29, 1.82) is 0 Å². The molecule has 2 nitrogen and oxygen atoms in total. The third kappa shape index (κ3) is 5.21. The van der Waals surface area contributed by atoms with Gasteiger partial charge in [-0.1, -0.05) is 136 Å². The van der Waals surface area contributed by atoms with E-state index in [-0.39, 0.29) is 5.41 Å². The molecule has 0 amide bonds. The molecule has 0 saturated heterocycles. The molecule has 0 spiro atoms. The van der Waals surface area contributed by atoms with Crippen LogP contribution in [-0.2, 0) is 5.41 Å². The molecule has 2 heterocycles. The molecule has 0 aliphatic carbocycles. The molecule has 9 aromatic rings. The Morgan fingerprint density at radius 2 is 0.880 bits per heavy atom. The normalized spacial score (nSPS) is 11.9. The summed E-state index contributed by atoms with van der Waals surface area (Å²) in [6.45, 7) is 6.89. The number of nitrogens with zero attached hydrogens (tertiary/aromatic N) is 2. The first-order valence-electron chi connectivity index (χ1n) is 17.3. The van der Waals surface area contributed by atoms with Crippen molar-refractivity contribution in [2.24, 2.45) is 0 Å². The van der Waals surface area contributed by atoms with Crippen molar-refractivity contribution in [2.45, 2.75) is 26.2 Å². The zero-order valence-electron chi connectivity index (χ0n) is 28.5. The molecule has 50 heavy (non-hydrogen) atoms. The summed E-state index contributed by atoms with van der Waals surface area (Å²) in [5, 5.41) is 7.82. The lowest BCUT2D eigenvalue weighted by Crippen LogP contribution is -2.10. The van der Waals surface area contributed by atoms with Crippen LogP contribution in [0.1, 0.15) is 26.3 Å². The Morgan fingerprint density at radius 3 is 1.36 bits per heavy atom. The van der Waals surface area contributed by atoms with E-state index in [0.29, 0.717) is 0 Å². The van der Waals surface area contributed by atoms with Gasteiger partial charge < -0.3 is 0 Å². The molecular weight excluding hydrogens is 605 g/mol. The lowest BCUT2D eigenvalue weighted by atomic mass is 9.81. The average Bonchev–Trinajstić information content (AvgIpc) is 3.17. The highest BCUT2D eigenvalue weighted by Crippen LogP contribution is 2.45. The smallest absolute Gasteiger partial charge is 0.0701 e. The highest BCUT2D eigenvalue weighted by molar-refractivity contribution is 6.28. The van der Waals surface area contributed by atoms with Crippen LogP contribution in [0.25, 0.3) is 88.1 Å². The number of benzene rings is 7. The van der Waals surface area contributed by atoms with Crippen molar-refractivity contribution >= 4 is 32.3 Å². The molecule has 0 unspecified atom stereocenters. The maximum atomic E-state index is 4.58. The lowest BCUT2D eigenvalue weighted by molar-refractivity contribution is 0.591. The molecule has 0 N–H and O–H groups in total. The standard InChI is InChI=1S/C48H36N2/c1-48(2,3)40-28-38-19-21-41-43(35-13-11-32(12-14-35)31-7-9-33(10-8-31)34-23-26-49-27-24-34)30-44(42-22-20-39(29-40)46(38)47(41)42)36-15-17-37(18-16-36)45-6-4-5-25-50-45/h4-30H,1-3H3. The van der Waals surface area contributed by atoms with Crippen molar-refractivity contribution in [3.8, 4) is 55.8 Å². The second-order valence-electron chi connectivity index (χ2n) is 14.3. The summed E-state index contributed by atoms with van der Waals surface area (Å²) in [5.74, 6) is 0. The van der Waals surface area contributed by atoms with E-state index >= 15 is 0 Å². The maximum absolute atomic E-state index is 4.58. The van der Waals surface area contributed by atoms with Gasteiger partial charge in [0.1, 0.15) is 0 Å². The summed E-state index contributed by atoms with van der Waals surface area (Å²) in [7, 11) is 0. The summed E-state index contributed by atoms with van der Waals surface area (Å²) in [5.41, 5.74) is 13.2. The topological polar surface area (TPSA) is 25.8 Å². The molecule has 0 aliphatic rings. The predicted molar refractivity (Wildman–Crippen MR) is 212 cm³/mol. The number of hydrogen-bond donors (Lipinski definition) is 0. The van der Waals surface area contributed by atoms with E-state index in [1.165, 1.54) is 82.4 Å². The zero-order valence-corrected chi connectivity index (χ0v) is 28.5. The van der Waals surface area contributed by atoms with Crippen LogP contribution in [-0.4, -0.2) is 9.97 Å². The average molecular weight is 641 g/mol. The molecule has 0 atom stereocenters. The fraction of sp³-hybridized carbons (Fsp3) is 0.0833. The molecule has 0 saturated carbocycles. The zero-order chi connectivity index (χ0) is 33.8. The molecule has 2 heteroatoms. The second kappa shape index (κ2) is 11.8. The summed E-state index contributed by atoms with van der Waals surface area (Å²) < 4.78 is 0. The van der Waals surface area contributed by atoms with Gasteiger partial charge in [-0.15, -0.1) is 0 Å². The quantitative estimate of drug-likeness (QED) is 0.175. The molecule has 0 aliphatic heterocycles. The fourth-order valence-electron chi connectivity index (χ4n) is 7.42. The second-order valence-corrected chi connectivity index (χ2v) is 14.3. The van der Waals surface area contributed by atoms with E-state index in [0.717, 1.165) is 11.3 Å². The van der Waals surface area contributed by atoms with Gasteiger partial charge >= 0.3 is 0 Å². The number of rotatable bonds is 5. The fourth-order valence-corrected chi connectivity index (χ4v) is 7.42. The van der Waals surface area contributed by atoms with Crippen LogP contribution >= 0.6 is 0 Å². The predicted octanol–water partition coefficient (Wildman–Crippen LogP) is 13.0. The minimum absolute atomic E-state index is 0.0667. The SMILES string of the molecule is CC(C)(C)c1cc2ccc3c(-c4ccc(-c5ccc(-c6ccncc6)cc5)cc4)cc(-c4ccc(-c5ccccn5)cc4)c4ccc(c1)c2c34. The van der Waals surface area contributed by atoms with E-state index in [1.54, 1.807) is 0 Å². The summed E-state index contributed by atoms with van der Waals surface area (Å²) in [6.07, 6.45) is 5.53. The third-order valence-electron chi connectivity index (χ3n) is 10.2. The van der Waals surface area contributed by atoms with Crippen molar-refractivity contribution < 1.29 is 0 Å². The van der Waals surface area contributed by atoms with Crippen LogP contribution in [0, 0.1) is 0 Å². The molecule has 0 radical (unpaired) electrons. The Bertz CT molecular complexity index is 2600. The van der Waals surface area contributed by atoms with Gasteiger partial charge in [-0.2, -0.15) is 0 Å². The van der Waals surface area contributed by atoms with Gasteiger partial charge in [0.05, 0.1) is 5.69 Å². The number of aromatic nitrogens is 2. The number of pyridine rings is 2. The molecular formula is C48H36N2. The van der Waals surface area contributed by atoms with Crippen LogP contribution in [0.15, 0.2) is 164 Å². The van der Waals surface area contributed by atoms with Crippen molar-refractivity contribution in [3.05, 3.63) is 170 Å².